The summed E-state index contributed by atoms with van der Waals surface area (Å²) < 4.78 is 6.87. The first-order chi connectivity index (χ1) is 13.7. The van der Waals surface area contributed by atoms with Gasteiger partial charge in [-0.3, -0.25) is 14.3 Å². The summed E-state index contributed by atoms with van der Waals surface area (Å²) in [6.45, 7) is 1.76. The van der Waals surface area contributed by atoms with E-state index in [1.807, 2.05) is 47.0 Å². The molecule has 0 spiro atoms. The van der Waals surface area contributed by atoms with E-state index in [0.717, 1.165) is 11.3 Å². The maximum atomic E-state index is 12.2. The number of hydrogen-bond donors (Lipinski definition) is 1. The van der Waals surface area contributed by atoms with Gasteiger partial charge in [-0.2, -0.15) is 0 Å². The van der Waals surface area contributed by atoms with E-state index in [9.17, 15) is 4.79 Å². The SMILES string of the molecule is Cc1cc(NC(=O)CSc2nnc(-c3cccnc3)n2-c2ccccc2)no1. The second kappa shape index (κ2) is 8.05. The van der Waals surface area contributed by atoms with Crippen LogP contribution in [0.5, 0.6) is 0 Å². The van der Waals surface area contributed by atoms with Crippen LogP contribution in [0.4, 0.5) is 5.82 Å². The van der Waals surface area contributed by atoms with E-state index in [4.69, 9.17) is 4.52 Å². The summed E-state index contributed by atoms with van der Waals surface area (Å²) >= 11 is 1.29. The zero-order valence-electron chi connectivity index (χ0n) is 14.9. The minimum atomic E-state index is -0.205. The van der Waals surface area contributed by atoms with E-state index in [1.54, 1.807) is 25.4 Å². The van der Waals surface area contributed by atoms with Crippen LogP contribution in [0.25, 0.3) is 17.1 Å². The Balaban J connectivity index is 1.58. The lowest BCUT2D eigenvalue weighted by Gasteiger charge is -2.10. The van der Waals surface area contributed by atoms with Gasteiger partial charge in [-0.25, -0.2) is 0 Å². The summed E-state index contributed by atoms with van der Waals surface area (Å²) in [5.74, 6) is 1.64. The Labute approximate surface area is 165 Å². The smallest absolute Gasteiger partial charge is 0.236 e. The molecular weight excluding hydrogens is 376 g/mol. The highest BCUT2D eigenvalue weighted by Gasteiger charge is 2.17. The predicted octanol–water partition coefficient (Wildman–Crippen LogP) is 3.36. The number of carbonyl (C=O) groups is 1. The number of hydrogen-bond acceptors (Lipinski definition) is 7. The first-order valence-electron chi connectivity index (χ1n) is 8.48. The molecule has 0 bridgehead atoms. The van der Waals surface area contributed by atoms with Gasteiger partial charge in [0.2, 0.25) is 5.91 Å². The zero-order chi connectivity index (χ0) is 19.3. The minimum Gasteiger partial charge on any atom is -0.360 e. The van der Waals surface area contributed by atoms with Crippen molar-refractivity contribution < 1.29 is 9.32 Å². The molecule has 1 aromatic carbocycles. The third-order valence-electron chi connectivity index (χ3n) is 3.80. The van der Waals surface area contributed by atoms with Crippen LogP contribution in [-0.4, -0.2) is 36.6 Å². The molecule has 0 unspecified atom stereocenters. The normalized spacial score (nSPS) is 10.8. The fourth-order valence-corrected chi connectivity index (χ4v) is 3.34. The summed E-state index contributed by atoms with van der Waals surface area (Å²) in [6, 6.07) is 15.2. The number of para-hydroxylation sites is 1. The quantitative estimate of drug-likeness (QED) is 0.502. The lowest BCUT2D eigenvalue weighted by molar-refractivity contribution is -0.113. The maximum absolute atomic E-state index is 12.2. The number of amides is 1. The monoisotopic (exact) mass is 392 g/mol. The van der Waals surface area contributed by atoms with Crippen LogP contribution in [0.1, 0.15) is 5.76 Å². The molecule has 0 aliphatic heterocycles. The van der Waals surface area contributed by atoms with Gasteiger partial charge in [-0.1, -0.05) is 35.1 Å². The molecule has 9 heteroatoms. The lowest BCUT2D eigenvalue weighted by Crippen LogP contribution is -2.14. The molecule has 140 valence electrons. The third kappa shape index (κ3) is 3.94. The summed E-state index contributed by atoms with van der Waals surface area (Å²) in [7, 11) is 0. The molecule has 0 saturated heterocycles. The molecule has 4 rings (SSSR count). The molecule has 4 aromatic rings. The van der Waals surface area contributed by atoms with Crippen molar-refractivity contribution in [2.24, 2.45) is 0 Å². The molecule has 0 radical (unpaired) electrons. The number of nitrogens with zero attached hydrogens (tertiary/aromatic N) is 5. The molecule has 0 aliphatic rings. The second-order valence-electron chi connectivity index (χ2n) is 5.88. The van der Waals surface area contributed by atoms with Crippen LogP contribution in [0, 0.1) is 6.92 Å². The van der Waals surface area contributed by atoms with Gasteiger partial charge in [-0.15, -0.1) is 10.2 Å². The number of rotatable bonds is 6. The summed E-state index contributed by atoms with van der Waals surface area (Å²) in [4.78, 5) is 16.4. The van der Waals surface area contributed by atoms with Crippen LogP contribution in [0.3, 0.4) is 0 Å². The van der Waals surface area contributed by atoms with Crippen molar-refractivity contribution in [1.82, 2.24) is 24.9 Å². The topological polar surface area (TPSA) is 98.7 Å². The van der Waals surface area contributed by atoms with E-state index in [1.165, 1.54) is 11.8 Å². The van der Waals surface area contributed by atoms with Crippen LogP contribution in [0.15, 0.2) is 70.6 Å². The van der Waals surface area contributed by atoms with E-state index >= 15 is 0 Å². The van der Waals surface area contributed by atoms with Crippen molar-refractivity contribution >= 4 is 23.5 Å². The average molecular weight is 392 g/mol. The Morgan fingerprint density at radius 3 is 2.75 bits per heavy atom. The Morgan fingerprint density at radius 2 is 2.04 bits per heavy atom. The molecule has 8 nitrogen and oxygen atoms in total. The van der Waals surface area contributed by atoms with Gasteiger partial charge in [0.25, 0.3) is 0 Å². The number of carbonyl (C=O) groups excluding carboxylic acids is 1. The largest absolute Gasteiger partial charge is 0.360 e. The third-order valence-corrected chi connectivity index (χ3v) is 4.72. The summed E-state index contributed by atoms with van der Waals surface area (Å²) in [6.07, 6.45) is 3.44. The molecule has 0 aliphatic carbocycles. The predicted molar refractivity (Wildman–Crippen MR) is 105 cm³/mol. The van der Waals surface area contributed by atoms with Crippen LogP contribution in [-0.2, 0) is 4.79 Å². The number of aromatic nitrogens is 5. The van der Waals surface area contributed by atoms with Crippen LogP contribution >= 0.6 is 11.8 Å². The molecule has 3 aromatic heterocycles. The average Bonchev–Trinajstić information content (AvgIpc) is 3.33. The number of thioether (sulfide) groups is 1. The van der Waals surface area contributed by atoms with E-state index in [-0.39, 0.29) is 11.7 Å². The fourth-order valence-electron chi connectivity index (χ4n) is 2.59. The fraction of sp³-hybridized carbons (Fsp3) is 0.105. The van der Waals surface area contributed by atoms with Gasteiger partial charge in [0, 0.05) is 29.7 Å². The number of anilines is 1. The molecule has 1 amide bonds. The number of pyridine rings is 1. The maximum Gasteiger partial charge on any atom is 0.236 e. The van der Waals surface area contributed by atoms with Crippen LogP contribution in [0.2, 0.25) is 0 Å². The van der Waals surface area contributed by atoms with Crippen molar-refractivity contribution in [3.63, 3.8) is 0 Å². The zero-order valence-corrected chi connectivity index (χ0v) is 15.8. The Morgan fingerprint density at radius 1 is 1.18 bits per heavy atom. The standard InChI is InChI=1S/C19H16N6O2S/c1-13-10-16(24-27-13)21-17(26)12-28-19-23-22-18(14-6-5-9-20-11-14)25(19)15-7-3-2-4-8-15/h2-11H,12H2,1H3,(H,21,24,26). The highest BCUT2D eigenvalue weighted by Crippen LogP contribution is 2.27. The number of nitrogens with one attached hydrogen (secondary N) is 1. The van der Waals surface area contributed by atoms with Crippen molar-refractivity contribution in [3.8, 4) is 17.1 Å². The van der Waals surface area contributed by atoms with E-state index in [0.29, 0.717) is 22.6 Å². The van der Waals surface area contributed by atoms with Gasteiger partial charge in [-0.05, 0) is 31.2 Å². The minimum absolute atomic E-state index is 0.157. The van der Waals surface area contributed by atoms with Crippen molar-refractivity contribution in [2.75, 3.05) is 11.1 Å². The number of benzene rings is 1. The first kappa shape index (κ1) is 17.9. The van der Waals surface area contributed by atoms with Gasteiger partial charge >= 0.3 is 0 Å². The Hall–Kier alpha value is -3.46. The van der Waals surface area contributed by atoms with Crippen molar-refractivity contribution in [2.45, 2.75) is 12.1 Å². The molecule has 28 heavy (non-hydrogen) atoms. The first-order valence-corrected chi connectivity index (χ1v) is 9.46. The Bertz CT molecular complexity index is 1080. The van der Waals surface area contributed by atoms with E-state index < -0.39 is 0 Å². The van der Waals surface area contributed by atoms with Gasteiger partial charge in [0.05, 0.1) is 5.75 Å². The summed E-state index contributed by atoms with van der Waals surface area (Å²) in [5.41, 5.74) is 1.75. The molecule has 0 atom stereocenters. The van der Waals surface area contributed by atoms with Crippen LogP contribution < -0.4 is 5.32 Å². The molecule has 1 N–H and O–H groups in total. The van der Waals surface area contributed by atoms with Crippen molar-refractivity contribution in [1.29, 1.82) is 0 Å². The van der Waals surface area contributed by atoms with Gasteiger partial charge in [0.1, 0.15) is 5.76 Å². The highest BCUT2D eigenvalue weighted by molar-refractivity contribution is 7.99. The van der Waals surface area contributed by atoms with Gasteiger partial charge in [0.15, 0.2) is 16.8 Å². The van der Waals surface area contributed by atoms with Gasteiger partial charge < -0.3 is 9.84 Å². The highest BCUT2D eigenvalue weighted by atomic mass is 32.2. The number of aryl methyl sites for hydroxylation is 1. The molecule has 0 saturated carbocycles. The molecular formula is C19H16N6O2S. The second-order valence-corrected chi connectivity index (χ2v) is 6.82. The van der Waals surface area contributed by atoms with Crippen molar-refractivity contribution in [3.05, 3.63) is 66.7 Å². The Kier molecular flexibility index (Phi) is 5.16. The lowest BCUT2D eigenvalue weighted by atomic mass is 10.2. The molecule has 3 heterocycles. The molecule has 0 fully saturated rings. The summed E-state index contributed by atoms with van der Waals surface area (Å²) in [5, 5.41) is 15.7. The van der Waals surface area contributed by atoms with E-state index in [2.05, 4.69) is 25.7 Å².